The molecule has 0 aliphatic heterocycles. The summed E-state index contributed by atoms with van der Waals surface area (Å²) < 4.78 is 0. The molecular weight excluding hydrogens is 178 g/mol. The molecule has 1 rings (SSSR count). The fourth-order valence-corrected chi connectivity index (χ4v) is 1.68. The lowest BCUT2D eigenvalue weighted by atomic mass is 10.1. The molecule has 1 saturated carbocycles. The maximum absolute atomic E-state index is 3.62. The topological polar surface area (TPSA) is 12.0 Å². The van der Waals surface area contributed by atoms with E-state index >= 15 is 0 Å². The maximum atomic E-state index is 3.62. The van der Waals surface area contributed by atoms with E-state index in [9.17, 15) is 0 Å². The third-order valence-electron chi connectivity index (χ3n) is 1.99. The lowest BCUT2D eigenvalue weighted by Gasteiger charge is -2.25. The van der Waals surface area contributed by atoms with Gasteiger partial charge in [0.2, 0.25) is 0 Å². The lowest BCUT2D eigenvalue weighted by Crippen LogP contribution is -2.42. The van der Waals surface area contributed by atoms with E-state index in [1.165, 1.54) is 45.2 Å². The fraction of sp³-hybridized carbons (Fsp3) is 1.00. The minimum atomic E-state index is 0.314. The van der Waals surface area contributed by atoms with Gasteiger partial charge in [-0.2, -0.15) is 0 Å². The maximum Gasteiger partial charge on any atom is 0.00990 e. The first-order chi connectivity index (χ1) is 5.58. The second-order valence-corrected chi connectivity index (χ2v) is 4.38. The van der Waals surface area contributed by atoms with Crippen molar-refractivity contribution in [3.8, 4) is 0 Å². The molecule has 3 heteroatoms. The van der Waals surface area contributed by atoms with Crippen molar-refractivity contribution in [2.24, 2.45) is 0 Å². The molecule has 0 bridgehead atoms. The van der Waals surface area contributed by atoms with Gasteiger partial charge in [-0.25, -0.2) is 0 Å². The highest BCUT2D eigenvalue weighted by atomic mass is 29.1. The average molecular weight is 203 g/mol. The Balaban J connectivity index is 0.000000561. The third-order valence-corrected chi connectivity index (χ3v) is 1.99. The number of hydrogen-bond acceptors (Lipinski definition) is 1. The quantitative estimate of drug-likeness (QED) is 0.589. The summed E-state index contributed by atoms with van der Waals surface area (Å²) >= 11 is 0. The minimum Gasteiger partial charge on any atom is -0.309 e. The van der Waals surface area contributed by atoms with Crippen LogP contribution in [0.3, 0.4) is 0 Å². The van der Waals surface area contributed by atoms with Gasteiger partial charge in [0.25, 0.3) is 0 Å². The fourth-order valence-electron chi connectivity index (χ4n) is 1.68. The van der Waals surface area contributed by atoms with E-state index in [1.807, 2.05) is 0 Å². The van der Waals surface area contributed by atoms with Crippen LogP contribution in [0, 0.1) is 0 Å². The predicted molar refractivity (Wildman–Crippen MR) is 65.0 cm³/mol. The summed E-state index contributed by atoms with van der Waals surface area (Å²) in [5.74, 6) is 0. The van der Waals surface area contributed by atoms with Crippen LogP contribution >= 0.6 is 0 Å². The highest BCUT2D eigenvalue weighted by molar-refractivity contribution is 6.75. The van der Waals surface area contributed by atoms with E-state index in [2.05, 4.69) is 26.1 Å². The molecule has 74 valence electrons. The van der Waals surface area contributed by atoms with Gasteiger partial charge in [0.05, 0.1) is 0 Å². The molecule has 12 heavy (non-hydrogen) atoms. The van der Waals surface area contributed by atoms with Crippen LogP contribution in [0.5, 0.6) is 0 Å². The summed E-state index contributed by atoms with van der Waals surface area (Å²) in [5.41, 5.74) is 0.314. The van der Waals surface area contributed by atoms with Crippen molar-refractivity contribution in [2.45, 2.75) is 58.0 Å². The Morgan fingerprint density at radius 2 is 1.50 bits per heavy atom. The summed E-state index contributed by atoms with van der Waals surface area (Å²) in [7, 11) is 2.89. The lowest BCUT2D eigenvalue weighted by molar-refractivity contribution is 0.361. The molecule has 1 N–H and O–H groups in total. The van der Waals surface area contributed by atoms with Crippen LogP contribution in [0.2, 0.25) is 0 Å². The Morgan fingerprint density at radius 1 is 1.08 bits per heavy atom. The predicted octanol–water partition coefficient (Wildman–Crippen LogP) is -0.0507. The number of rotatable bonds is 1. The van der Waals surface area contributed by atoms with Gasteiger partial charge in [-0.3, -0.25) is 0 Å². The third kappa shape index (κ3) is 5.97. The molecule has 0 amide bonds. The molecule has 0 aromatic rings. The largest absolute Gasteiger partial charge is 0.309 e. The van der Waals surface area contributed by atoms with Crippen molar-refractivity contribution in [1.82, 2.24) is 5.32 Å². The molecule has 0 aromatic carbocycles. The molecule has 0 saturated heterocycles. The molecule has 0 aromatic heterocycles. The minimum absolute atomic E-state index is 0.314. The molecule has 0 unspecified atom stereocenters. The van der Waals surface area contributed by atoms with E-state index in [-0.39, 0.29) is 0 Å². The molecule has 0 radical (unpaired) electrons. The average Bonchev–Trinajstić information content (AvgIpc) is 2.41. The summed E-state index contributed by atoms with van der Waals surface area (Å²) in [6.07, 6.45) is 5.62. The van der Waals surface area contributed by atoms with Crippen molar-refractivity contribution < 1.29 is 0 Å². The normalized spacial score (nSPS) is 19.2. The van der Waals surface area contributed by atoms with Crippen molar-refractivity contribution in [3.05, 3.63) is 0 Å². The molecule has 0 spiro atoms. The van der Waals surface area contributed by atoms with E-state index in [0.29, 0.717) is 5.54 Å². The zero-order chi connectivity index (χ0) is 9.61. The van der Waals surface area contributed by atoms with Crippen molar-refractivity contribution in [1.29, 1.82) is 0 Å². The standard InChI is InChI=1S/C9H19N.H6Si2/c1-9(2,3)10-8-6-4-5-7-8;1-2/h8,10H,4-7H2,1-3H3;1-2H3. The van der Waals surface area contributed by atoms with Crippen LogP contribution < -0.4 is 5.32 Å². The van der Waals surface area contributed by atoms with E-state index in [1.54, 1.807) is 0 Å². The molecule has 1 nitrogen and oxygen atoms in total. The van der Waals surface area contributed by atoms with Crippen LogP contribution in [0.4, 0.5) is 0 Å². The van der Waals surface area contributed by atoms with Gasteiger partial charge in [0.1, 0.15) is 0 Å². The highest BCUT2D eigenvalue weighted by Gasteiger charge is 2.19. The monoisotopic (exact) mass is 203 g/mol. The van der Waals surface area contributed by atoms with Crippen molar-refractivity contribution in [2.75, 3.05) is 0 Å². The highest BCUT2D eigenvalue weighted by Crippen LogP contribution is 2.19. The number of hydrogen-bond donors (Lipinski definition) is 1. The van der Waals surface area contributed by atoms with Crippen molar-refractivity contribution in [3.63, 3.8) is 0 Å². The molecule has 0 atom stereocenters. The zero-order valence-electron chi connectivity index (χ0n) is 9.41. The first kappa shape index (κ1) is 12.4. The molecule has 1 aliphatic rings. The Kier molecular flexibility index (Phi) is 6.14. The van der Waals surface area contributed by atoms with Gasteiger partial charge >= 0.3 is 0 Å². The van der Waals surface area contributed by atoms with Crippen LogP contribution in [0.1, 0.15) is 46.5 Å². The van der Waals surface area contributed by atoms with Gasteiger partial charge < -0.3 is 5.32 Å². The first-order valence-corrected chi connectivity index (χ1v) is 13.4. The van der Waals surface area contributed by atoms with E-state index < -0.39 is 0 Å². The van der Waals surface area contributed by atoms with Crippen LogP contribution in [0.25, 0.3) is 0 Å². The van der Waals surface area contributed by atoms with Crippen molar-refractivity contribution >= 4 is 19.5 Å². The summed E-state index contributed by atoms with van der Waals surface area (Å²) in [5, 5.41) is 3.62. The molecule has 0 heterocycles. The molecule has 1 fully saturated rings. The zero-order valence-corrected chi connectivity index (χ0v) is 13.4. The Hall–Kier alpha value is 0.394. The van der Waals surface area contributed by atoms with Gasteiger partial charge in [0, 0.05) is 11.6 Å². The second-order valence-electron chi connectivity index (χ2n) is 4.38. The Morgan fingerprint density at radius 3 is 1.83 bits per heavy atom. The van der Waals surface area contributed by atoms with Gasteiger partial charge in [-0.15, -0.1) is 0 Å². The van der Waals surface area contributed by atoms with Gasteiger partial charge in [-0.1, -0.05) is 12.8 Å². The van der Waals surface area contributed by atoms with E-state index in [4.69, 9.17) is 0 Å². The molecule has 1 aliphatic carbocycles. The Labute approximate surface area is 83.3 Å². The van der Waals surface area contributed by atoms with Crippen LogP contribution in [0.15, 0.2) is 0 Å². The SMILES string of the molecule is CC(C)(C)NC1CCCC1.[SiH3][SiH3]. The summed E-state index contributed by atoms with van der Waals surface area (Å²) in [6, 6.07) is 0.806. The van der Waals surface area contributed by atoms with Gasteiger partial charge in [0.15, 0.2) is 0 Å². The smallest absolute Gasteiger partial charge is 0.00990 e. The molecular formula is C9H25NSi2. The number of nitrogens with one attached hydrogen (secondary N) is 1. The summed E-state index contributed by atoms with van der Waals surface area (Å²) in [4.78, 5) is 0. The first-order valence-electron chi connectivity index (χ1n) is 5.36. The van der Waals surface area contributed by atoms with E-state index in [0.717, 1.165) is 6.04 Å². The van der Waals surface area contributed by atoms with Crippen LogP contribution in [-0.2, 0) is 0 Å². The Bertz CT molecular complexity index is 104. The van der Waals surface area contributed by atoms with Gasteiger partial charge in [-0.05, 0) is 53.1 Å². The summed E-state index contributed by atoms with van der Waals surface area (Å²) in [6.45, 7) is 6.72. The van der Waals surface area contributed by atoms with Crippen LogP contribution in [-0.4, -0.2) is 31.1 Å². The second kappa shape index (κ2) is 5.94.